The molecule has 0 aromatic carbocycles. The number of hydrogen-bond acceptors (Lipinski definition) is 8. The van der Waals surface area contributed by atoms with Crippen molar-refractivity contribution in [1.29, 1.82) is 0 Å². The molecule has 2 aliphatic carbocycles. The molecule has 0 spiro atoms. The van der Waals surface area contributed by atoms with Gasteiger partial charge in [0.1, 0.15) is 12.3 Å². The van der Waals surface area contributed by atoms with Crippen LogP contribution in [0, 0.1) is 5.92 Å². The number of aliphatic carboxylic acids is 1. The van der Waals surface area contributed by atoms with E-state index in [1.54, 1.807) is 11.9 Å². The van der Waals surface area contributed by atoms with Crippen molar-refractivity contribution in [3.05, 3.63) is 23.4 Å². The fourth-order valence-corrected chi connectivity index (χ4v) is 5.78. The molecule has 2 aliphatic rings. The van der Waals surface area contributed by atoms with Crippen LogP contribution in [0.1, 0.15) is 62.6 Å². The van der Waals surface area contributed by atoms with E-state index in [1.165, 1.54) is 12.1 Å². The first kappa shape index (κ1) is 27.5. The number of ether oxygens (including phenoxy) is 2. The number of thiol groups is 1. The number of amides is 1. The van der Waals surface area contributed by atoms with E-state index in [4.69, 9.17) is 9.47 Å². The molecule has 13 heteroatoms. The zero-order valence-electron chi connectivity index (χ0n) is 20.2. The number of nitrogens with zero attached hydrogens (tertiary/aromatic N) is 3. The van der Waals surface area contributed by atoms with Crippen LogP contribution >= 0.6 is 24.2 Å². The first-order valence-electron chi connectivity index (χ1n) is 12.1. The minimum Gasteiger partial charge on any atom is -0.488 e. The average molecular weight is 560 g/mol. The van der Waals surface area contributed by atoms with Gasteiger partial charge < -0.3 is 19.5 Å². The maximum atomic E-state index is 14.0. The van der Waals surface area contributed by atoms with Crippen molar-refractivity contribution in [2.75, 3.05) is 7.05 Å². The Morgan fingerprint density at radius 1 is 1.19 bits per heavy atom. The van der Waals surface area contributed by atoms with E-state index < -0.39 is 41.7 Å². The molecule has 0 aliphatic heterocycles. The van der Waals surface area contributed by atoms with E-state index in [0.717, 1.165) is 37.2 Å². The van der Waals surface area contributed by atoms with Gasteiger partial charge in [0.25, 0.3) is 0 Å². The summed E-state index contributed by atoms with van der Waals surface area (Å²) in [4.78, 5) is 29.2. The van der Waals surface area contributed by atoms with Crippen LogP contribution in [0.2, 0.25) is 0 Å². The first-order chi connectivity index (χ1) is 17.5. The van der Waals surface area contributed by atoms with Crippen LogP contribution in [-0.4, -0.2) is 50.6 Å². The molecule has 1 N–H and O–H groups in total. The SMILES string of the molecule is CN(C(=O)OCc1c(-c2ccc(OC3CCC[C@H](C(=O)O)C3)c(C(F)(F)F)n2)nsc1S)C1CCCC1. The molecule has 202 valence electrons. The highest BCUT2D eigenvalue weighted by Gasteiger charge is 2.39. The van der Waals surface area contributed by atoms with Gasteiger partial charge in [-0.05, 0) is 62.2 Å². The maximum absolute atomic E-state index is 14.0. The van der Waals surface area contributed by atoms with Gasteiger partial charge in [-0.2, -0.15) is 17.5 Å². The average Bonchev–Trinajstić information content (AvgIpc) is 3.52. The number of aromatic nitrogens is 2. The highest BCUT2D eigenvalue weighted by molar-refractivity contribution is 7.82. The Hall–Kier alpha value is -2.54. The number of hydrogen-bond donors (Lipinski definition) is 2. The molecule has 0 bridgehead atoms. The molecule has 37 heavy (non-hydrogen) atoms. The number of carbonyl (C=O) groups excluding carboxylic acids is 1. The molecule has 1 amide bonds. The van der Waals surface area contributed by atoms with Crippen LogP contribution in [0.25, 0.3) is 11.4 Å². The number of carboxylic acids is 1. The minimum absolute atomic E-state index is 0.0570. The van der Waals surface area contributed by atoms with Gasteiger partial charge in [0.15, 0.2) is 11.4 Å². The van der Waals surface area contributed by atoms with Crippen LogP contribution in [0.4, 0.5) is 18.0 Å². The zero-order chi connectivity index (χ0) is 26.7. The van der Waals surface area contributed by atoms with Crippen LogP contribution in [0.3, 0.4) is 0 Å². The first-order valence-corrected chi connectivity index (χ1v) is 13.3. The molecule has 2 aromatic rings. The van der Waals surface area contributed by atoms with Gasteiger partial charge >= 0.3 is 18.2 Å². The summed E-state index contributed by atoms with van der Waals surface area (Å²) < 4.78 is 57.5. The Kier molecular flexibility index (Phi) is 8.52. The highest BCUT2D eigenvalue weighted by atomic mass is 32.2. The van der Waals surface area contributed by atoms with E-state index in [1.807, 2.05) is 0 Å². The number of carboxylic acid groups (broad SMARTS) is 1. The summed E-state index contributed by atoms with van der Waals surface area (Å²) in [7, 11) is 1.67. The van der Waals surface area contributed by atoms with Gasteiger partial charge in [-0.25, -0.2) is 9.78 Å². The number of carbonyl (C=O) groups is 2. The van der Waals surface area contributed by atoms with Crippen molar-refractivity contribution < 1.29 is 37.3 Å². The van der Waals surface area contributed by atoms with Crippen LogP contribution in [0.15, 0.2) is 16.3 Å². The molecule has 4 rings (SSSR count). The Morgan fingerprint density at radius 2 is 1.92 bits per heavy atom. The predicted octanol–water partition coefficient (Wildman–Crippen LogP) is 6.05. The lowest BCUT2D eigenvalue weighted by Crippen LogP contribution is -2.35. The number of alkyl halides is 3. The minimum atomic E-state index is -4.82. The normalized spacial score (nSPS) is 20.6. The van der Waals surface area contributed by atoms with Gasteiger partial charge in [0, 0.05) is 18.7 Å². The van der Waals surface area contributed by atoms with Gasteiger partial charge in [0.2, 0.25) is 0 Å². The standard InChI is InChI=1S/C24H28F3N3O5S2/c1-30(14-6-2-3-7-14)23(33)34-12-16-19(29-37-22(16)36)17-9-10-18(20(28-17)24(25,26)27)35-15-8-4-5-13(11-15)21(31)32/h9-10,13-15,36H,2-8,11-12H2,1H3,(H,31,32)/t13-,15?/m0/s1. The third-order valence-electron chi connectivity index (χ3n) is 6.91. The summed E-state index contributed by atoms with van der Waals surface area (Å²) in [6.45, 7) is -0.208. The van der Waals surface area contributed by atoms with Gasteiger partial charge in [-0.15, -0.1) is 12.6 Å². The molecular formula is C24H28F3N3O5S2. The topological polar surface area (TPSA) is 102 Å². The molecule has 2 aromatic heterocycles. The van der Waals surface area contributed by atoms with E-state index in [9.17, 15) is 27.9 Å². The summed E-state index contributed by atoms with van der Waals surface area (Å²) in [5, 5.41) is 9.27. The third-order valence-corrected chi connectivity index (χ3v) is 8.11. The van der Waals surface area contributed by atoms with Crippen molar-refractivity contribution >= 4 is 36.2 Å². The predicted molar refractivity (Wildman–Crippen MR) is 132 cm³/mol. The molecule has 2 heterocycles. The van der Waals surface area contributed by atoms with E-state index >= 15 is 0 Å². The second kappa shape index (κ2) is 11.5. The van der Waals surface area contributed by atoms with Crippen molar-refractivity contribution in [2.45, 2.75) is 80.5 Å². The molecule has 0 radical (unpaired) electrons. The largest absolute Gasteiger partial charge is 0.488 e. The van der Waals surface area contributed by atoms with Crippen molar-refractivity contribution in [2.24, 2.45) is 5.92 Å². The zero-order valence-corrected chi connectivity index (χ0v) is 21.9. The maximum Gasteiger partial charge on any atom is 0.437 e. The second-order valence-corrected chi connectivity index (χ2v) is 10.9. The third kappa shape index (κ3) is 6.49. The summed E-state index contributed by atoms with van der Waals surface area (Å²) in [5.41, 5.74) is -0.766. The fourth-order valence-electron chi connectivity index (χ4n) is 4.84. The Bertz CT molecular complexity index is 1140. The number of pyridine rings is 1. The summed E-state index contributed by atoms with van der Waals surface area (Å²) in [6.07, 6.45) is -0.454. The lowest BCUT2D eigenvalue weighted by molar-refractivity contribution is -0.146. The van der Waals surface area contributed by atoms with Crippen LogP contribution in [0.5, 0.6) is 5.75 Å². The summed E-state index contributed by atoms with van der Waals surface area (Å²) >= 11 is 5.32. The highest BCUT2D eigenvalue weighted by Crippen LogP contribution is 2.40. The van der Waals surface area contributed by atoms with Crippen molar-refractivity contribution in [3.8, 4) is 17.1 Å². The summed E-state index contributed by atoms with van der Waals surface area (Å²) in [5.74, 6) is -2.09. The molecule has 2 fully saturated rings. The van der Waals surface area contributed by atoms with Crippen molar-refractivity contribution in [3.63, 3.8) is 0 Å². The van der Waals surface area contributed by atoms with Crippen LogP contribution < -0.4 is 4.74 Å². The molecule has 0 saturated heterocycles. The molecule has 8 nitrogen and oxygen atoms in total. The van der Waals surface area contributed by atoms with Crippen molar-refractivity contribution in [1.82, 2.24) is 14.3 Å². The van der Waals surface area contributed by atoms with E-state index in [0.29, 0.717) is 29.0 Å². The Labute approximate surface area is 221 Å². The number of rotatable bonds is 7. The molecule has 2 saturated carbocycles. The quantitative estimate of drug-likeness (QED) is 0.399. The van der Waals surface area contributed by atoms with Crippen LogP contribution in [-0.2, 0) is 22.3 Å². The number of halogens is 3. The second-order valence-electron chi connectivity index (χ2n) is 9.40. The van der Waals surface area contributed by atoms with Gasteiger partial charge in [-0.3, -0.25) is 4.79 Å². The lowest BCUT2D eigenvalue weighted by atomic mass is 9.87. The smallest absolute Gasteiger partial charge is 0.437 e. The summed E-state index contributed by atoms with van der Waals surface area (Å²) in [6, 6.07) is 2.65. The fraction of sp³-hybridized carbons (Fsp3) is 0.583. The Morgan fingerprint density at radius 3 is 2.59 bits per heavy atom. The Balaban J connectivity index is 1.53. The van der Waals surface area contributed by atoms with E-state index in [2.05, 4.69) is 22.0 Å². The van der Waals surface area contributed by atoms with Gasteiger partial charge in [0.05, 0.1) is 21.9 Å². The molecular weight excluding hydrogens is 531 g/mol. The monoisotopic (exact) mass is 559 g/mol. The van der Waals surface area contributed by atoms with E-state index in [-0.39, 0.29) is 30.5 Å². The molecule has 2 atom stereocenters. The van der Waals surface area contributed by atoms with Gasteiger partial charge in [-0.1, -0.05) is 12.8 Å². The molecule has 1 unspecified atom stereocenters. The lowest BCUT2D eigenvalue weighted by Gasteiger charge is -2.28.